The van der Waals surface area contributed by atoms with Gasteiger partial charge in [-0.15, -0.1) is 0 Å². The van der Waals surface area contributed by atoms with Crippen molar-refractivity contribution in [1.29, 1.82) is 0 Å². The van der Waals surface area contributed by atoms with Crippen molar-refractivity contribution in [3.8, 4) is 17.0 Å². The smallest absolute Gasteiger partial charge is 0.160 e. The third-order valence-corrected chi connectivity index (χ3v) is 4.86. The van der Waals surface area contributed by atoms with E-state index in [-0.39, 0.29) is 5.92 Å². The van der Waals surface area contributed by atoms with Crippen LogP contribution in [0.4, 0.5) is 0 Å². The van der Waals surface area contributed by atoms with Crippen molar-refractivity contribution in [3.63, 3.8) is 0 Å². The summed E-state index contributed by atoms with van der Waals surface area (Å²) >= 11 is 0. The molecule has 0 aliphatic heterocycles. The maximum Gasteiger partial charge on any atom is 0.160 e. The van der Waals surface area contributed by atoms with Gasteiger partial charge in [0.15, 0.2) is 5.65 Å². The fourth-order valence-electron chi connectivity index (χ4n) is 3.50. The number of nitrogens with zero attached hydrogens (tertiary/aromatic N) is 2. The summed E-state index contributed by atoms with van der Waals surface area (Å²) in [5, 5.41) is 1.00. The van der Waals surface area contributed by atoms with E-state index in [2.05, 4.69) is 19.9 Å². The van der Waals surface area contributed by atoms with Crippen LogP contribution < -0.4 is 4.74 Å². The molecule has 126 valence electrons. The molecule has 0 saturated heterocycles. The number of methoxy groups -OCH3 is 1. The average Bonchev–Trinajstić information content (AvgIpc) is 2.57. The van der Waals surface area contributed by atoms with Gasteiger partial charge in [-0.05, 0) is 55.3 Å². The zero-order valence-corrected chi connectivity index (χ0v) is 14.7. The minimum Gasteiger partial charge on any atom is -0.496 e. The number of carbonyl (C=O) groups is 1. The molecule has 25 heavy (non-hydrogen) atoms. The topological polar surface area (TPSA) is 52.1 Å². The van der Waals surface area contributed by atoms with Crippen molar-refractivity contribution in [2.75, 3.05) is 7.11 Å². The van der Waals surface area contributed by atoms with E-state index in [0.29, 0.717) is 18.6 Å². The standard InChI is InChI=1S/C21H20N2O2/c1-12-8-13(2)20(19(9-12)25-3)18-7-5-14-4-6-17(22-21(14)23-18)15-10-16(24)11-15/h4-9,15H,10-11H2,1-3H3. The molecule has 2 heterocycles. The summed E-state index contributed by atoms with van der Waals surface area (Å²) in [6, 6.07) is 12.3. The molecule has 0 bridgehead atoms. The molecule has 1 saturated carbocycles. The normalized spacial score (nSPS) is 14.6. The van der Waals surface area contributed by atoms with Gasteiger partial charge >= 0.3 is 0 Å². The molecule has 4 heteroatoms. The van der Waals surface area contributed by atoms with Gasteiger partial charge in [0.25, 0.3) is 0 Å². The highest BCUT2D eigenvalue weighted by Gasteiger charge is 2.29. The van der Waals surface area contributed by atoms with E-state index >= 15 is 0 Å². The molecule has 0 unspecified atom stereocenters. The van der Waals surface area contributed by atoms with Gasteiger partial charge < -0.3 is 4.74 Å². The Kier molecular flexibility index (Phi) is 3.75. The number of fused-ring (bicyclic) bond motifs is 1. The van der Waals surface area contributed by atoms with Crippen LogP contribution in [0.1, 0.15) is 35.6 Å². The fourth-order valence-corrected chi connectivity index (χ4v) is 3.50. The highest BCUT2D eigenvalue weighted by molar-refractivity contribution is 5.87. The van der Waals surface area contributed by atoms with Crippen molar-refractivity contribution in [2.24, 2.45) is 0 Å². The third kappa shape index (κ3) is 2.78. The number of hydrogen-bond donors (Lipinski definition) is 0. The molecule has 1 aliphatic rings. The van der Waals surface area contributed by atoms with Crippen LogP contribution in [-0.4, -0.2) is 22.9 Å². The fraction of sp³-hybridized carbons (Fsp3) is 0.286. The Morgan fingerprint density at radius 1 is 1.04 bits per heavy atom. The van der Waals surface area contributed by atoms with Crippen molar-refractivity contribution in [3.05, 3.63) is 53.2 Å². The second-order valence-corrected chi connectivity index (χ2v) is 6.78. The van der Waals surface area contributed by atoms with Gasteiger partial charge in [0.05, 0.1) is 12.8 Å². The Hall–Kier alpha value is -2.75. The Labute approximate surface area is 146 Å². The number of hydrogen-bond acceptors (Lipinski definition) is 4. The van der Waals surface area contributed by atoms with E-state index in [4.69, 9.17) is 14.7 Å². The van der Waals surface area contributed by atoms with Crippen LogP contribution in [-0.2, 0) is 4.79 Å². The van der Waals surface area contributed by atoms with E-state index in [9.17, 15) is 4.79 Å². The molecule has 0 N–H and O–H groups in total. The van der Waals surface area contributed by atoms with Crippen LogP contribution in [0.25, 0.3) is 22.3 Å². The molecule has 1 aliphatic carbocycles. The molecule has 4 nitrogen and oxygen atoms in total. The van der Waals surface area contributed by atoms with E-state index in [1.54, 1.807) is 7.11 Å². The van der Waals surface area contributed by atoms with Crippen LogP contribution in [0.5, 0.6) is 5.75 Å². The zero-order valence-electron chi connectivity index (χ0n) is 14.7. The van der Waals surface area contributed by atoms with Crippen molar-refractivity contribution in [1.82, 2.24) is 9.97 Å². The van der Waals surface area contributed by atoms with Gasteiger partial charge in [0.2, 0.25) is 0 Å². The van der Waals surface area contributed by atoms with Gasteiger partial charge in [0.1, 0.15) is 11.5 Å². The number of benzene rings is 1. The number of ketones is 1. The largest absolute Gasteiger partial charge is 0.496 e. The maximum absolute atomic E-state index is 11.3. The lowest BCUT2D eigenvalue weighted by Gasteiger charge is -2.23. The third-order valence-electron chi connectivity index (χ3n) is 4.86. The van der Waals surface area contributed by atoms with Gasteiger partial charge in [-0.25, -0.2) is 9.97 Å². The minimum atomic E-state index is 0.248. The van der Waals surface area contributed by atoms with Crippen LogP contribution in [0.3, 0.4) is 0 Å². The van der Waals surface area contributed by atoms with Crippen molar-refractivity contribution in [2.45, 2.75) is 32.6 Å². The summed E-state index contributed by atoms with van der Waals surface area (Å²) in [6.45, 7) is 4.13. The number of Topliss-reactive ketones (excluding diaryl/α,β-unsaturated/α-hetero) is 1. The van der Waals surface area contributed by atoms with Gasteiger partial charge in [0, 0.05) is 35.4 Å². The Bertz CT molecular complexity index is 987. The number of aromatic nitrogens is 2. The van der Waals surface area contributed by atoms with E-state index in [1.807, 2.05) is 30.3 Å². The number of rotatable bonds is 3. The number of carbonyl (C=O) groups excluding carboxylic acids is 1. The monoisotopic (exact) mass is 332 g/mol. The summed E-state index contributed by atoms with van der Waals surface area (Å²) in [6.07, 6.45) is 1.20. The lowest BCUT2D eigenvalue weighted by molar-refractivity contribution is -0.124. The average molecular weight is 332 g/mol. The molecule has 1 fully saturated rings. The Balaban J connectivity index is 1.82. The molecule has 4 rings (SSSR count). The first kappa shape index (κ1) is 15.8. The van der Waals surface area contributed by atoms with E-state index in [0.717, 1.165) is 44.9 Å². The predicted octanol–water partition coefficient (Wildman–Crippen LogP) is 4.37. The minimum absolute atomic E-state index is 0.248. The second kappa shape index (κ2) is 5.96. The molecule has 3 aromatic rings. The SMILES string of the molecule is COc1cc(C)cc(C)c1-c1ccc2ccc(C3CC(=O)C3)nc2n1. The van der Waals surface area contributed by atoms with Crippen LogP contribution >= 0.6 is 0 Å². The Morgan fingerprint density at radius 3 is 2.52 bits per heavy atom. The highest BCUT2D eigenvalue weighted by Crippen LogP contribution is 2.35. The first-order valence-electron chi connectivity index (χ1n) is 8.50. The molecule has 0 spiro atoms. The molecule has 0 amide bonds. The lowest BCUT2D eigenvalue weighted by Crippen LogP contribution is -2.22. The first-order chi connectivity index (χ1) is 12.0. The van der Waals surface area contributed by atoms with Gasteiger partial charge in [-0.3, -0.25) is 4.79 Å². The van der Waals surface area contributed by atoms with Gasteiger partial charge in [-0.1, -0.05) is 6.07 Å². The van der Waals surface area contributed by atoms with E-state index in [1.165, 1.54) is 0 Å². The predicted molar refractivity (Wildman–Crippen MR) is 98.0 cm³/mol. The van der Waals surface area contributed by atoms with Crippen LogP contribution in [0.2, 0.25) is 0 Å². The van der Waals surface area contributed by atoms with E-state index < -0.39 is 0 Å². The van der Waals surface area contributed by atoms with Crippen LogP contribution in [0, 0.1) is 13.8 Å². The maximum atomic E-state index is 11.3. The quantitative estimate of drug-likeness (QED) is 0.715. The zero-order chi connectivity index (χ0) is 17.6. The number of ether oxygens (including phenoxy) is 1. The summed E-state index contributed by atoms with van der Waals surface area (Å²) in [4.78, 5) is 20.8. The van der Waals surface area contributed by atoms with Gasteiger partial charge in [-0.2, -0.15) is 0 Å². The molecule has 1 aromatic carbocycles. The summed E-state index contributed by atoms with van der Waals surface area (Å²) < 4.78 is 5.58. The van der Waals surface area contributed by atoms with Crippen LogP contribution in [0.15, 0.2) is 36.4 Å². The molecular weight excluding hydrogens is 312 g/mol. The molecular formula is C21H20N2O2. The summed E-state index contributed by atoms with van der Waals surface area (Å²) in [7, 11) is 1.68. The summed E-state index contributed by atoms with van der Waals surface area (Å²) in [5.41, 5.74) is 5.83. The second-order valence-electron chi connectivity index (χ2n) is 6.78. The van der Waals surface area contributed by atoms with Crippen molar-refractivity contribution < 1.29 is 9.53 Å². The van der Waals surface area contributed by atoms with Crippen molar-refractivity contribution >= 4 is 16.8 Å². The number of aryl methyl sites for hydroxylation is 2. The lowest BCUT2D eigenvalue weighted by atomic mass is 9.81. The first-order valence-corrected chi connectivity index (χ1v) is 8.50. The molecule has 0 radical (unpaired) electrons. The summed E-state index contributed by atoms with van der Waals surface area (Å²) in [5.74, 6) is 1.39. The molecule has 2 aromatic heterocycles. The Morgan fingerprint density at radius 2 is 1.80 bits per heavy atom. The highest BCUT2D eigenvalue weighted by atomic mass is 16.5. The molecule has 0 atom stereocenters. The number of pyridine rings is 2.